The summed E-state index contributed by atoms with van der Waals surface area (Å²) in [7, 11) is 0. The van der Waals surface area contributed by atoms with E-state index in [1.54, 1.807) is 6.92 Å². The molecule has 0 aliphatic heterocycles. The van der Waals surface area contributed by atoms with Gasteiger partial charge in [0.25, 0.3) is 0 Å². The van der Waals surface area contributed by atoms with Crippen molar-refractivity contribution in [1.82, 2.24) is 5.32 Å². The Morgan fingerprint density at radius 3 is 2.53 bits per heavy atom. The second-order valence-corrected chi connectivity index (χ2v) is 4.86. The van der Waals surface area contributed by atoms with E-state index in [1.165, 1.54) is 0 Å². The molecule has 0 spiro atoms. The van der Waals surface area contributed by atoms with Gasteiger partial charge < -0.3 is 19.9 Å². The summed E-state index contributed by atoms with van der Waals surface area (Å²) >= 11 is 0. The van der Waals surface area contributed by atoms with Crippen LogP contribution < -0.4 is 14.8 Å². The Balaban J connectivity index is 2.71. The van der Waals surface area contributed by atoms with Crippen LogP contribution in [0.15, 0.2) is 18.2 Å². The Labute approximate surface area is 115 Å². The third kappa shape index (κ3) is 5.94. The van der Waals surface area contributed by atoms with Crippen LogP contribution >= 0.6 is 0 Å². The number of aliphatic hydroxyl groups excluding tert-OH is 1. The van der Waals surface area contributed by atoms with Crippen molar-refractivity contribution in [1.29, 1.82) is 0 Å². The van der Waals surface area contributed by atoms with Crippen LogP contribution in [0.25, 0.3) is 0 Å². The zero-order chi connectivity index (χ0) is 14.3. The van der Waals surface area contributed by atoms with Gasteiger partial charge in [-0.1, -0.05) is 6.07 Å². The largest absolute Gasteiger partial charge is 0.490 e. The number of hydrogen-bond donors (Lipinski definition) is 2. The summed E-state index contributed by atoms with van der Waals surface area (Å²) in [6.07, 6.45) is -0.215. The second kappa shape index (κ2) is 8.02. The predicted molar refractivity (Wildman–Crippen MR) is 76.8 cm³/mol. The first-order chi connectivity index (χ1) is 9.02. The molecule has 1 atom stereocenters. The average molecular weight is 267 g/mol. The SMILES string of the molecule is CCOc1cc(CNC[C@H](C)O)ccc1OC(C)C. The van der Waals surface area contributed by atoms with Gasteiger partial charge in [-0.15, -0.1) is 0 Å². The van der Waals surface area contributed by atoms with Crippen molar-refractivity contribution in [3.05, 3.63) is 23.8 Å². The van der Waals surface area contributed by atoms with Gasteiger partial charge in [0.1, 0.15) is 0 Å². The molecule has 0 aromatic heterocycles. The molecule has 108 valence electrons. The number of aliphatic hydroxyl groups is 1. The number of rotatable bonds is 8. The second-order valence-electron chi connectivity index (χ2n) is 4.86. The molecule has 1 rings (SSSR count). The molecule has 0 bridgehead atoms. The Hall–Kier alpha value is -1.26. The minimum atomic E-state index is -0.338. The van der Waals surface area contributed by atoms with Crippen LogP contribution in [0, 0.1) is 0 Å². The number of benzene rings is 1. The van der Waals surface area contributed by atoms with E-state index in [4.69, 9.17) is 9.47 Å². The fourth-order valence-corrected chi connectivity index (χ4v) is 1.71. The molecule has 1 aromatic carbocycles. The standard InChI is InChI=1S/C15H25NO3/c1-5-18-15-8-13(10-16-9-12(4)17)6-7-14(15)19-11(2)3/h6-8,11-12,16-17H,5,9-10H2,1-4H3/t12-/m0/s1. The first-order valence-corrected chi connectivity index (χ1v) is 6.84. The maximum absolute atomic E-state index is 9.21. The number of nitrogens with one attached hydrogen (secondary N) is 1. The number of ether oxygens (including phenoxy) is 2. The smallest absolute Gasteiger partial charge is 0.161 e. The van der Waals surface area contributed by atoms with Crippen LogP contribution in [0.5, 0.6) is 11.5 Å². The lowest BCUT2D eigenvalue weighted by Crippen LogP contribution is -2.23. The summed E-state index contributed by atoms with van der Waals surface area (Å²) in [5, 5.41) is 12.4. The molecule has 2 N–H and O–H groups in total. The molecule has 1 aromatic rings. The van der Waals surface area contributed by atoms with Crippen molar-refractivity contribution < 1.29 is 14.6 Å². The lowest BCUT2D eigenvalue weighted by molar-refractivity contribution is 0.191. The van der Waals surface area contributed by atoms with Crippen molar-refractivity contribution >= 4 is 0 Å². The highest BCUT2D eigenvalue weighted by Crippen LogP contribution is 2.29. The summed E-state index contributed by atoms with van der Waals surface area (Å²) in [6, 6.07) is 5.93. The molecule has 19 heavy (non-hydrogen) atoms. The summed E-state index contributed by atoms with van der Waals surface area (Å²) < 4.78 is 11.3. The monoisotopic (exact) mass is 267 g/mol. The molecule has 0 fully saturated rings. The molecule has 0 aliphatic rings. The van der Waals surface area contributed by atoms with E-state index in [2.05, 4.69) is 5.32 Å². The Bertz CT molecular complexity index is 378. The predicted octanol–water partition coefficient (Wildman–Crippen LogP) is 2.34. The quantitative estimate of drug-likeness (QED) is 0.759. The van der Waals surface area contributed by atoms with Gasteiger partial charge in [-0.2, -0.15) is 0 Å². The Morgan fingerprint density at radius 2 is 1.95 bits per heavy atom. The van der Waals surface area contributed by atoms with Crippen LogP contribution in [0.4, 0.5) is 0 Å². The zero-order valence-corrected chi connectivity index (χ0v) is 12.3. The van der Waals surface area contributed by atoms with Crippen LogP contribution in [0.3, 0.4) is 0 Å². The van der Waals surface area contributed by atoms with E-state index >= 15 is 0 Å². The summed E-state index contributed by atoms with van der Waals surface area (Å²) in [6.45, 7) is 9.59. The normalized spacial score (nSPS) is 12.5. The number of hydrogen-bond acceptors (Lipinski definition) is 4. The molecule has 0 saturated carbocycles. The van der Waals surface area contributed by atoms with Crippen LogP contribution in [-0.2, 0) is 6.54 Å². The van der Waals surface area contributed by atoms with Gasteiger partial charge in [-0.25, -0.2) is 0 Å². The molecule has 0 aliphatic carbocycles. The fraction of sp³-hybridized carbons (Fsp3) is 0.600. The maximum atomic E-state index is 9.21. The van der Waals surface area contributed by atoms with E-state index < -0.39 is 0 Å². The average Bonchev–Trinajstić information content (AvgIpc) is 2.31. The van der Waals surface area contributed by atoms with Gasteiger partial charge in [-0.3, -0.25) is 0 Å². The Morgan fingerprint density at radius 1 is 1.21 bits per heavy atom. The highest BCUT2D eigenvalue weighted by atomic mass is 16.5. The summed E-state index contributed by atoms with van der Waals surface area (Å²) in [5.41, 5.74) is 1.11. The molecule has 4 nitrogen and oxygen atoms in total. The van der Waals surface area contributed by atoms with Crippen molar-refractivity contribution in [2.45, 2.75) is 46.4 Å². The first-order valence-electron chi connectivity index (χ1n) is 6.84. The van der Waals surface area contributed by atoms with E-state index in [0.717, 1.165) is 17.1 Å². The summed E-state index contributed by atoms with van der Waals surface area (Å²) in [4.78, 5) is 0. The molecule has 0 radical (unpaired) electrons. The molecule has 0 unspecified atom stereocenters. The lowest BCUT2D eigenvalue weighted by Gasteiger charge is -2.16. The highest BCUT2D eigenvalue weighted by Gasteiger charge is 2.08. The van der Waals surface area contributed by atoms with Gasteiger partial charge >= 0.3 is 0 Å². The van der Waals surface area contributed by atoms with Crippen molar-refractivity contribution in [3.8, 4) is 11.5 Å². The van der Waals surface area contributed by atoms with Crippen LogP contribution in [0.1, 0.15) is 33.3 Å². The lowest BCUT2D eigenvalue weighted by atomic mass is 10.2. The van der Waals surface area contributed by atoms with E-state index in [0.29, 0.717) is 19.7 Å². The van der Waals surface area contributed by atoms with Crippen molar-refractivity contribution in [2.75, 3.05) is 13.2 Å². The van der Waals surface area contributed by atoms with Crippen LogP contribution in [-0.4, -0.2) is 30.5 Å². The molecule has 0 saturated heterocycles. The molecule has 0 amide bonds. The van der Waals surface area contributed by atoms with Gasteiger partial charge in [-0.05, 0) is 45.4 Å². The van der Waals surface area contributed by atoms with Gasteiger partial charge in [0.05, 0.1) is 18.8 Å². The van der Waals surface area contributed by atoms with Crippen LogP contribution in [0.2, 0.25) is 0 Å². The van der Waals surface area contributed by atoms with Crippen molar-refractivity contribution in [2.24, 2.45) is 0 Å². The van der Waals surface area contributed by atoms with Gasteiger partial charge in [0.2, 0.25) is 0 Å². The van der Waals surface area contributed by atoms with E-state index in [1.807, 2.05) is 39.0 Å². The van der Waals surface area contributed by atoms with Gasteiger partial charge in [0, 0.05) is 13.1 Å². The molecular weight excluding hydrogens is 242 g/mol. The Kier molecular flexibility index (Phi) is 6.67. The minimum absolute atomic E-state index is 0.124. The van der Waals surface area contributed by atoms with Crippen molar-refractivity contribution in [3.63, 3.8) is 0 Å². The highest BCUT2D eigenvalue weighted by molar-refractivity contribution is 5.43. The molecular formula is C15H25NO3. The maximum Gasteiger partial charge on any atom is 0.161 e. The molecule has 4 heteroatoms. The van der Waals surface area contributed by atoms with E-state index in [9.17, 15) is 5.11 Å². The fourth-order valence-electron chi connectivity index (χ4n) is 1.71. The van der Waals surface area contributed by atoms with Gasteiger partial charge in [0.15, 0.2) is 11.5 Å². The topological polar surface area (TPSA) is 50.7 Å². The summed E-state index contributed by atoms with van der Waals surface area (Å²) in [5.74, 6) is 1.55. The third-order valence-corrected chi connectivity index (χ3v) is 2.44. The van der Waals surface area contributed by atoms with E-state index in [-0.39, 0.29) is 12.2 Å². The first kappa shape index (κ1) is 15.8. The molecule has 0 heterocycles. The zero-order valence-electron chi connectivity index (χ0n) is 12.3. The minimum Gasteiger partial charge on any atom is -0.490 e. The third-order valence-electron chi connectivity index (χ3n) is 2.44.